The highest BCUT2D eigenvalue weighted by Crippen LogP contribution is 2.23. The van der Waals surface area contributed by atoms with Crippen molar-refractivity contribution in [2.45, 2.75) is 6.18 Å². The highest BCUT2D eigenvalue weighted by molar-refractivity contribution is 6.42. The van der Waals surface area contributed by atoms with E-state index in [1.165, 1.54) is 6.07 Å². The van der Waals surface area contributed by atoms with Crippen LogP contribution in [0, 0.1) is 23.0 Å². The number of halogens is 5. The summed E-state index contributed by atoms with van der Waals surface area (Å²) in [5.41, 5.74) is -1.85. The number of nitriles is 1. The fourth-order valence-electron chi connectivity index (χ4n) is 1.15. The Morgan fingerprint density at radius 2 is 1.75 bits per heavy atom. The Balaban J connectivity index is 3.20. The largest absolute Gasteiger partial charge is 0.460 e. The first kappa shape index (κ1) is 15.5. The van der Waals surface area contributed by atoms with Crippen molar-refractivity contribution >= 4 is 17.4 Å². The zero-order valence-corrected chi connectivity index (χ0v) is 9.33. The standard InChI is InChI=1S/C10H4F5N3O2/c11-5-2-7(6(12)1-4(5)3-16)18(17)9(20)8(19)10(13,14)15/h1-2H,17H2. The molecular formula is C10H4F5N3O2. The number of carbonyl (C=O) groups excluding carboxylic acids is 2. The van der Waals surface area contributed by atoms with Crippen LogP contribution < -0.4 is 10.9 Å². The third kappa shape index (κ3) is 2.89. The molecule has 5 nitrogen and oxygen atoms in total. The molecule has 106 valence electrons. The first-order valence-corrected chi connectivity index (χ1v) is 4.69. The number of hydrogen-bond acceptors (Lipinski definition) is 4. The molecule has 0 saturated heterocycles. The first-order chi connectivity index (χ1) is 9.09. The van der Waals surface area contributed by atoms with Crippen LogP contribution in [0.25, 0.3) is 0 Å². The fourth-order valence-corrected chi connectivity index (χ4v) is 1.15. The van der Waals surface area contributed by atoms with E-state index >= 15 is 0 Å². The van der Waals surface area contributed by atoms with Gasteiger partial charge in [-0.3, -0.25) is 9.59 Å². The van der Waals surface area contributed by atoms with Crippen LogP contribution in [0.2, 0.25) is 0 Å². The predicted molar refractivity (Wildman–Crippen MR) is 53.8 cm³/mol. The summed E-state index contributed by atoms with van der Waals surface area (Å²) in [4.78, 5) is 21.7. The number of nitrogens with zero attached hydrogens (tertiary/aromatic N) is 2. The minimum atomic E-state index is -5.50. The van der Waals surface area contributed by atoms with Gasteiger partial charge in [0.15, 0.2) is 0 Å². The molecule has 1 aromatic rings. The Bertz CT molecular complexity index is 621. The van der Waals surface area contributed by atoms with E-state index in [2.05, 4.69) is 0 Å². The minimum Gasteiger partial charge on any atom is -0.278 e. The summed E-state index contributed by atoms with van der Waals surface area (Å²) < 4.78 is 62.6. The van der Waals surface area contributed by atoms with Gasteiger partial charge in [-0.05, 0) is 6.07 Å². The maximum absolute atomic E-state index is 13.4. The van der Waals surface area contributed by atoms with E-state index in [9.17, 15) is 31.5 Å². The van der Waals surface area contributed by atoms with E-state index in [1.54, 1.807) is 0 Å². The van der Waals surface area contributed by atoms with Gasteiger partial charge in [0.25, 0.3) is 0 Å². The monoisotopic (exact) mass is 293 g/mol. The van der Waals surface area contributed by atoms with Crippen molar-refractivity contribution in [3.63, 3.8) is 0 Å². The molecule has 0 bridgehead atoms. The molecule has 0 fully saturated rings. The molecule has 0 heterocycles. The molecule has 2 N–H and O–H groups in total. The van der Waals surface area contributed by atoms with E-state index in [1.807, 2.05) is 0 Å². The number of rotatable bonds is 2. The topological polar surface area (TPSA) is 87.2 Å². The number of anilines is 1. The van der Waals surface area contributed by atoms with Crippen LogP contribution in [-0.4, -0.2) is 17.9 Å². The summed E-state index contributed by atoms with van der Waals surface area (Å²) in [5.74, 6) is -3.01. The van der Waals surface area contributed by atoms with Crippen molar-refractivity contribution < 1.29 is 31.5 Å². The Labute approximate surface area is 108 Å². The number of benzene rings is 1. The van der Waals surface area contributed by atoms with Crippen molar-refractivity contribution in [2.75, 3.05) is 5.01 Å². The van der Waals surface area contributed by atoms with Crippen molar-refractivity contribution in [3.8, 4) is 6.07 Å². The second kappa shape index (κ2) is 5.22. The lowest BCUT2D eigenvalue weighted by atomic mass is 10.2. The Kier molecular flexibility index (Phi) is 4.05. The SMILES string of the molecule is N#Cc1cc(F)c(N(N)C(=O)C(=O)C(F)(F)F)cc1F. The predicted octanol–water partition coefficient (Wildman–Crippen LogP) is 1.17. The van der Waals surface area contributed by atoms with Gasteiger partial charge in [-0.15, -0.1) is 0 Å². The second-order valence-electron chi connectivity index (χ2n) is 3.40. The van der Waals surface area contributed by atoms with Gasteiger partial charge >= 0.3 is 17.9 Å². The summed E-state index contributed by atoms with van der Waals surface area (Å²) >= 11 is 0. The number of nitrogens with two attached hydrogens (primary N) is 1. The van der Waals surface area contributed by atoms with E-state index in [4.69, 9.17) is 11.1 Å². The van der Waals surface area contributed by atoms with Gasteiger partial charge in [0.1, 0.15) is 17.7 Å². The fraction of sp³-hybridized carbons (Fsp3) is 0.100. The van der Waals surface area contributed by atoms with E-state index in [-0.39, 0.29) is 6.07 Å². The molecule has 0 aromatic heterocycles. The molecule has 0 aliphatic heterocycles. The van der Waals surface area contributed by atoms with Crippen LogP contribution >= 0.6 is 0 Å². The van der Waals surface area contributed by atoms with Crippen molar-refractivity contribution in [1.29, 1.82) is 5.26 Å². The number of amides is 1. The van der Waals surface area contributed by atoms with Crippen molar-refractivity contribution in [2.24, 2.45) is 5.84 Å². The van der Waals surface area contributed by atoms with Crippen molar-refractivity contribution in [1.82, 2.24) is 0 Å². The molecule has 20 heavy (non-hydrogen) atoms. The van der Waals surface area contributed by atoms with Crippen LogP contribution in [-0.2, 0) is 9.59 Å². The van der Waals surface area contributed by atoms with Gasteiger partial charge in [-0.1, -0.05) is 0 Å². The minimum absolute atomic E-state index is 0.232. The molecule has 1 rings (SSSR count). The lowest BCUT2D eigenvalue weighted by Crippen LogP contribution is -2.47. The molecule has 0 atom stereocenters. The van der Waals surface area contributed by atoms with Gasteiger partial charge in [0.05, 0.1) is 11.3 Å². The van der Waals surface area contributed by atoms with Gasteiger partial charge < -0.3 is 0 Å². The summed E-state index contributed by atoms with van der Waals surface area (Å²) in [7, 11) is 0. The number of hydrogen-bond donors (Lipinski definition) is 1. The van der Waals surface area contributed by atoms with Crippen LogP contribution in [0.1, 0.15) is 5.56 Å². The molecule has 0 unspecified atom stereocenters. The van der Waals surface area contributed by atoms with E-state index < -0.39 is 45.8 Å². The smallest absolute Gasteiger partial charge is 0.278 e. The lowest BCUT2D eigenvalue weighted by molar-refractivity contribution is -0.174. The summed E-state index contributed by atoms with van der Waals surface area (Å²) in [6.45, 7) is 0. The van der Waals surface area contributed by atoms with Gasteiger partial charge in [-0.25, -0.2) is 19.6 Å². The molecule has 0 aliphatic carbocycles. The molecule has 0 aliphatic rings. The highest BCUT2D eigenvalue weighted by Gasteiger charge is 2.45. The summed E-state index contributed by atoms with van der Waals surface area (Å²) in [6.07, 6.45) is -5.50. The zero-order valence-electron chi connectivity index (χ0n) is 9.33. The van der Waals surface area contributed by atoms with Crippen LogP contribution in [0.5, 0.6) is 0 Å². The average Bonchev–Trinajstić information content (AvgIpc) is 2.37. The normalized spacial score (nSPS) is 10.8. The first-order valence-electron chi connectivity index (χ1n) is 4.69. The number of Topliss-reactive ketones (excluding diaryl/α,β-unsaturated/α-hetero) is 1. The van der Waals surface area contributed by atoms with Crippen LogP contribution in [0.15, 0.2) is 12.1 Å². The second-order valence-corrected chi connectivity index (χ2v) is 3.40. The lowest BCUT2D eigenvalue weighted by Gasteiger charge is -2.17. The Hall–Kier alpha value is -2.54. The van der Waals surface area contributed by atoms with Gasteiger partial charge in [0, 0.05) is 6.07 Å². The van der Waals surface area contributed by atoms with Gasteiger partial charge in [-0.2, -0.15) is 18.4 Å². The molecule has 0 radical (unpaired) electrons. The summed E-state index contributed by atoms with van der Waals surface area (Å²) in [6, 6.07) is 1.83. The molecule has 0 saturated carbocycles. The van der Waals surface area contributed by atoms with Crippen LogP contribution in [0.4, 0.5) is 27.6 Å². The van der Waals surface area contributed by atoms with E-state index in [0.29, 0.717) is 6.07 Å². The molecular weight excluding hydrogens is 289 g/mol. The van der Waals surface area contributed by atoms with E-state index in [0.717, 1.165) is 0 Å². The quantitative estimate of drug-likeness (QED) is 0.291. The maximum Gasteiger partial charge on any atom is 0.460 e. The average molecular weight is 293 g/mol. The zero-order chi connectivity index (χ0) is 15.7. The number of ketones is 1. The third-order valence-corrected chi connectivity index (χ3v) is 2.09. The van der Waals surface area contributed by atoms with Crippen LogP contribution in [0.3, 0.4) is 0 Å². The Morgan fingerprint density at radius 1 is 1.20 bits per heavy atom. The maximum atomic E-state index is 13.4. The third-order valence-electron chi connectivity index (χ3n) is 2.09. The summed E-state index contributed by atoms with van der Waals surface area (Å²) in [5, 5.41) is 7.93. The molecule has 0 spiro atoms. The van der Waals surface area contributed by atoms with Crippen molar-refractivity contribution in [3.05, 3.63) is 29.3 Å². The number of carbonyl (C=O) groups is 2. The Morgan fingerprint density at radius 3 is 2.20 bits per heavy atom. The molecule has 10 heteroatoms. The van der Waals surface area contributed by atoms with Gasteiger partial charge in [0.2, 0.25) is 0 Å². The number of alkyl halides is 3. The highest BCUT2D eigenvalue weighted by atomic mass is 19.4. The molecule has 1 amide bonds. The number of hydrazine groups is 1. The molecule has 1 aromatic carbocycles.